The molecule has 0 spiro atoms. The molecule has 16 heavy (non-hydrogen) atoms. The number of nitrogens with one attached hydrogen (secondary N) is 1. The van der Waals surface area contributed by atoms with E-state index < -0.39 is 5.41 Å². The van der Waals surface area contributed by atoms with Gasteiger partial charge < -0.3 is 16.8 Å². The lowest BCUT2D eigenvalue weighted by atomic mass is 9.92. The molecule has 4 nitrogen and oxygen atoms in total. The highest BCUT2D eigenvalue weighted by Crippen LogP contribution is 2.23. The van der Waals surface area contributed by atoms with E-state index in [1.807, 2.05) is 18.2 Å². The van der Waals surface area contributed by atoms with Gasteiger partial charge in [-0.3, -0.25) is 4.79 Å². The number of halogens is 1. The number of anilines is 2. The first-order valence-corrected chi connectivity index (χ1v) is 5.99. The van der Waals surface area contributed by atoms with Crippen molar-refractivity contribution in [2.75, 3.05) is 17.6 Å². The monoisotopic (exact) mass is 333 g/mol. The molecule has 0 fully saturated rings. The van der Waals surface area contributed by atoms with Gasteiger partial charge in [0.1, 0.15) is 0 Å². The molecule has 0 aromatic heterocycles. The smallest absolute Gasteiger partial charge is 0.224 e. The average molecular weight is 333 g/mol. The highest BCUT2D eigenvalue weighted by molar-refractivity contribution is 14.1. The highest BCUT2D eigenvalue weighted by atomic mass is 127. The topological polar surface area (TPSA) is 81.1 Å². The summed E-state index contributed by atoms with van der Waals surface area (Å²) in [7, 11) is 0. The lowest BCUT2D eigenvalue weighted by Gasteiger charge is -2.22. The molecule has 1 aromatic rings. The Bertz CT molecular complexity index is 404. The summed E-state index contributed by atoms with van der Waals surface area (Å²) >= 11 is 2.20. The third-order valence-corrected chi connectivity index (χ3v) is 3.07. The molecule has 0 aliphatic rings. The second-order valence-electron chi connectivity index (χ2n) is 4.33. The summed E-state index contributed by atoms with van der Waals surface area (Å²) in [5.74, 6) is -0.330. The van der Waals surface area contributed by atoms with Crippen molar-refractivity contribution in [3.8, 4) is 0 Å². The molecule has 0 aliphatic heterocycles. The van der Waals surface area contributed by atoms with Gasteiger partial charge in [-0.2, -0.15) is 0 Å². The van der Waals surface area contributed by atoms with Gasteiger partial charge in [-0.05, 0) is 54.6 Å². The van der Waals surface area contributed by atoms with Crippen molar-refractivity contribution in [3.05, 3.63) is 21.8 Å². The van der Waals surface area contributed by atoms with E-state index in [0.29, 0.717) is 12.2 Å². The van der Waals surface area contributed by atoms with Gasteiger partial charge in [0.2, 0.25) is 5.91 Å². The van der Waals surface area contributed by atoms with Crippen LogP contribution in [0.3, 0.4) is 0 Å². The van der Waals surface area contributed by atoms with Crippen molar-refractivity contribution in [2.45, 2.75) is 13.8 Å². The van der Waals surface area contributed by atoms with Crippen molar-refractivity contribution in [2.24, 2.45) is 11.1 Å². The second kappa shape index (κ2) is 4.90. The van der Waals surface area contributed by atoms with Crippen LogP contribution in [0.2, 0.25) is 0 Å². The Hall–Kier alpha value is -0.980. The molecular formula is C11H16IN3O. The van der Waals surface area contributed by atoms with Crippen molar-refractivity contribution in [3.63, 3.8) is 0 Å². The van der Waals surface area contributed by atoms with Crippen LogP contribution in [0.25, 0.3) is 0 Å². The van der Waals surface area contributed by atoms with Gasteiger partial charge >= 0.3 is 0 Å². The van der Waals surface area contributed by atoms with Crippen molar-refractivity contribution in [1.82, 2.24) is 0 Å². The van der Waals surface area contributed by atoms with Gasteiger partial charge in [-0.25, -0.2) is 0 Å². The molecule has 0 aliphatic carbocycles. The molecule has 0 heterocycles. The average Bonchev–Trinajstić information content (AvgIpc) is 2.16. The van der Waals surface area contributed by atoms with E-state index in [2.05, 4.69) is 27.9 Å². The van der Waals surface area contributed by atoms with Crippen LogP contribution >= 0.6 is 22.6 Å². The molecule has 88 valence electrons. The van der Waals surface area contributed by atoms with E-state index in [4.69, 9.17) is 11.5 Å². The molecule has 5 heteroatoms. The van der Waals surface area contributed by atoms with E-state index >= 15 is 0 Å². The summed E-state index contributed by atoms with van der Waals surface area (Å²) in [5, 5.41) is 3.13. The van der Waals surface area contributed by atoms with E-state index in [-0.39, 0.29) is 5.91 Å². The fourth-order valence-electron chi connectivity index (χ4n) is 1.10. The van der Waals surface area contributed by atoms with Crippen molar-refractivity contribution >= 4 is 39.9 Å². The zero-order valence-electron chi connectivity index (χ0n) is 9.38. The van der Waals surface area contributed by atoms with Gasteiger partial charge in [-0.1, -0.05) is 0 Å². The lowest BCUT2D eigenvalue weighted by molar-refractivity contribution is -0.125. The maximum atomic E-state index is 11.1. The molecule has 0 saturated carbocycles. The number of hydrogen-bond acceptors (Lipinski definition) is 3. The molecule has 1 rings (SSSR count). The SMILES string of the molecule is CC(C)(CNc1ccc(I)cc1N)C(N)=O. The Morgan fingerprint density at radius 3 is 2.62 bits per heavy atom. The Morgan fingerprint density at radius 1 is 1.50 bits per heavy atom. The second-order valence-corrected chi connectivity index (χ2v) is 5.58. The van der Waals surface area contributed by atoms with Gasteiger partial charge in [0.25, 0.3) is 0 Å². The number of primary amides is 1. The third kappa shape index (κ3) is 3.26. The summed E-state index contributed by atoms with van der Waals surface area (Å²) in [5.41, 5.74) is 12.0. The molecule has 5 N–H and O–H groups in total. The van der Waals surface area contributed by atoms with E-state index in [0.717, 1.165) is 9.26 Å². The number of hydrogen-bond donors (Lipinski definition) is 3. The first-order valence-electron chi connectivity index (χ1n) is 4.92. The number of nitrogens with two attached hydrogens (primary N) is 2. The lowest BCUT2D eigenvalue weighted by Crippen LogP contribution is -2.37. The number of carbonyl (C=O) groups excluding carboxylic acids is 1. The maximum absolute atomic E-state index is 11.1. The zero-order chi connectivity index (χ0) is 12.3. The minimum atomic E-state index is -0.588. The fraction of sp³-hybridized carbons (Fsp3) is 0.364. The van der Waals surface area contributed by atoms with Crippen molar-refractivity contribution in [1.29, 1.82) is 0 Å². The zero-order valence-corrected chi connectivity index (χ0v) is 11.5. The van der Waals surface area contributed by atoms with Gasteiger partial charge in [0, 0.05) is 10.1 Å². The van der Waals surface area contributed by atoms with Crippen LogP contribution in [0.5, 0.6) is 0 Å². The number of nitrogen functional groups attached to an aromatic ring is 1. The van der Waals surface area contributed by atoms with Crippen LogP contribution in [0.15, 0.2) is 18.2 Å². The van der Waals surface area contributed by atoms with Crippen LogP contribution in [0.4, 0.5) is 11.4 Å². The fourth-order valence-corrected chi connectivity index (χ4v) is 1.61. The number of benzene rings is 1. The molecule has 1 aromatic carbocycles. The Balaban J connectivity index is 2.72. The summed E-state index contributed by atoms with van der Waals surface area (Å²) in [6.45, 7) is 4.06. The first kappa shape index (κ1) is 13.1. The standard InChI is InChI=1S/C11H16IN3O/c1-11(2,10(14)16)6-15-9-4-3-7(12)5-8(9)13/h3-5,15H,6,13H2,1-2H3,(H2,14,16). The molecule has 1 amide bonds. The predicted octanol–water partition coefficient (Wildman–Crippen LogP) is 1.80. The van der Waals surface area contributed by atoms with Crippen LogP contribution < -0.4 is 16.8 Å². The van der Waals surface area contributed by atoms with Gasteiger partial charge in [0.05, 0.1) is 16.8 Å². The Morgan fingerprint density at radius 2 is 2.12 bits per heavy atom. The molecule has 0 bridgehead atoms. The Kier molecular flexibility index (Phi) is 4.01. The van der Waals surface area contributed by atoms with Crippen LogP contribution in [-0.4, -0.2) is 12.5 Å². The normalized spacial score (nSPS) is 11.2. The number of rotatable bonds is 4. The van der Waals surface area contributed by atoms with E-state index in [9.17, 15) is 4.79 Å². The molecule has 0 radical (unpaired) electrons. The molecule has 0 unspecified atom stereocenters. The molecular weight excluding hydrogens is 317 g/mol. The van der Waals surface area contributed by atoms with Crippen LogP contribution in [0, 0.1) is 8.99 Å². The van der Waals surface area contributed by atoms with E-state index in [1.165, 1.54) is 0 Å². The third-order valence-electron chi connectivity index (χ3n) is 2.40. The maximum Gasteiger partial charge on any atom is 0.224 e. The highest BCUT2D eigenvalue weighted by Gasteiger charge is 2.24. The number of carbonyl (C=O) groups is 1. The quantitative estimate of drug-likeness (QED) is 0.580. The predicted molar refractivity (Wildman–Crippen MR) is 75.0 cm³/mol. The van der Waals surface area contributed by atoms with E-state index in [1.54, 1.807) is 13.8 Å². The van der Waals surface area contributed by atoms with Crippen molar-refractivity contribution < 1.29 is 4.79 Å². The van der Waals surface area contributed by atoms with Gasteiger partial charge in [-0.15, -0.1) is 0 Å². The van der Waals surface area contributed by atoms with Crippen LogP contribution in [0.1, 0.15) is 13.8 Å². The largest absolute Gasteiger partial charge is 0.397 e. The minimum absolute atomic E-state index is 0.330. The summed E-state index contributed by atoms with van der Waals surface area (Å²) in [4.78, 5) is 11.1. The summed E-state index contributed by atoms with van der Waals surface area (Å²) in [6, 6.07) is 5.73. The van der Waals surface area contributed by atoms with Gasteiger partial charge in [0.15, 0.2) is 0 Å². The molecule has 0 atom stereocenters. The summed E-state index contributed by atoms with van der Waals surface area (Å²) < 4.78 is 1.08. The Labute approximate surface area is 109 Å². The van der Waals surface area contributed by atoms with Crippen LogP contribution in [-0.2, 0) is 4.79 Å². The molecule has 0 saturated heterocycles. The summed E-state index contributed by atoms with van der Waals surface area (Å²) in [6.07, 6.45) is 0. The number of amides is 1. The first-order chi connectivity index (χ1) is 7.33. The minimum Gasteiger partial charge on any atom is -0.397 e.